The molecule has 0 bridgehead atoms. The third-order valence-electron chi connectivity index (χ3n) is 3.85. The normalized spacial score (nSPS) is 11.6. The van der Waals surface area contributed by atoms with E-state index < -0.39 is 10.0 Å². The molecule has 0 atom stereocenters. The van der Waals surface area contributed by atoms with Gasteiger partial charge >= 0.3 is 0 Å². The maximum absolute atomic E-state index is 12.9. The van der Waals surface area contributed by atoms with Crippen LogP contribution >= 0.6 is 23.2 Å². The summed E-state index contributed by atoms with van der Waals surface area (Å²) in [4.78, 5) is 8.03. The van der Waals surface area contributed by atoms with Gasteiger partial charge in [0.15, 0.2) is 5.82 Å². The van der Waals surface area contributed by atoms with Gasteiger partial charge in [0, 0.05) is 33.2 Å². The molecule has 2 heterocycles. The number of rotatable bonds is 4. The fraction of sp³-hybridized carbons (Fsp3) is 0. The van der Waals surface area contributed by atoms with Gasteiger partial charge in [-0.15, -0.1) is 0 Å². The minimum Gasteiger partial charge on any atom is -0.274 e. The molecule has 2 aromatic heterocycles. The molecule has 0 aliphatic rings. The Morgan fingerprint density at radius 2 is 1.81 bits per heavy atom. The van der Waals surface area contributed by atoms with E-state index in [-0.39, 0.29) is 10.6 Å². The molecule has 1 N–H and O–H groups in total. The highest BCUT2D eigenvalue weighted by molar-refractivity contribution is 7.92. The molecule has 0 aliphatic heterocycles. The van der Waals surface area contributed by atoms with Crippen LogP contribution < -0.4 is 4.72 Å². The van der Waals surface area contributed by atoms with Crippen molar-refractivity contribution in [3.8, 4) is 5.82 Å². The molecule has 2 aromatic carbocycles. The Kier molecular flexibility index (Phi) is 4.47. The zero-order valence-corrected chi connectivity index (χ0v) is 15.9. The molecule has 4 rings (SSSR count). The second-order valence-corrected chi connectivity index (χ2v) is 8.05. The Balaban J connectivity index is 1.78. The predicted octanol–water partition coefficient (Wildman–Crippen LogP) is 3.92. The highest BCUT2D eigenvalue weighted by Gasteiger charge is 2.19. The van der Waals surface area contributed by atoms with Crippen molar-refractivity contribution in [2.45, 2.75) is 4.90 Å². The van der Waals surface area contributed by atoms with Crippen molar-refractivity contribution in [3.05, 3.63) is 71.4 Å². The van der Waals surface area contributed by atoms with Crippen molar-refractivity contribution >= 4 is 49.7 Å². The molecule has 0 unspecified atom stereocenters. The molecule has 0 radical (unpaired) electrons. The lowest BCUT2D eigenvalue weighted by Gasteiger charge is -2.12. The summed E-state index contributed by atoms with van der Waals surface area (Å²) in [5.74, 6) is 0.306. The van der Waals surface area contributed by atoms with Crippen LogP contribution in [0.3, 0.4) is 0 Å². The molecular formula is C17H11Cl2N5O2S. The molecule has 0 saturated heterocycles. The monoisotopic (exact) mass is 419 g/mol. The van der Waals surface area contributed by atoms with Gasteiger partial charge < -0.3 is 0 Å². The number of hydrogen-bond donors (Lipinski definition) is 1. The standard InChI is InChI=1S/C17H11Cl2N5O2S/c18-14-4-5-15(19)13-8-11(2-3-12(13)14)27(25,26)23-16-9-20-10-21-17(16)24-7-1-6-22-24/h1-10,23H. The smallest absolute Gasteiger partial charge is 0.262 e. The van der Waals surface area contributed by atoms with E-state index in [0.29, 0.717) is 26.6 Å². The summed E-state index contributed by atoms with van der Waals surface area (Å²) in [6.45, 7) is 0. The molecule has 4 aromatic rings. The molecule has 0 fully saturated rings. The third kappa shape index (κ3) is 3.34. The van der Waals surface area contributed by atoms with Crippen LogP contribution in [0.4, 0.5) is 5.69 Å². The number of nitrogens with zero attached hydrogens (tertiary/aromatic N) is 4. The Morgan fingerprint density at radius 3 is 2.56 bits per heavy atom. The fourth-order valence-corrected chi connectivity index (χ4v) is 4.12. The molecule has 0 aliphatic carbocycles. The highest BCUT2D eigenvalue weighted by Crippen LogP contribution is 2.32. The average molecular weight is 420 g/mol. The van der Waals surface area contributed by atoms with E-state index in [1.807, 2.05) is 0 Å². The van der Waals surface area contributed by atoms with Crippen LogP contribution in [0.5, 0.6) is 0 Å². The lowest BCUT2D eigenvalue weighted by atomic mass is 10.1. The summed E-state index contributed by atoms with van der Waals surface area (Å²) in [6.07, 6.45) is 5.90. The van der Waals surface area contributed by atoms with Gasteiger partial charge in [-0.3, -0.25) is 4.72 Å². The fourth-order valence-electron chi connectivity index (χ4n) is 2.60. The second-order valence-electron chi connectivity index (χ2n) is 5.55. The number of hydrogen-bond acceptors (Lipinski definition) is 5. The van der Waals surface area contributed by atoms with Crippen LogP contribution in [0.15, 0.2) is 66.2 Å². The lowest BCUT2D eigenvalue weighted by Crippen LogP contribution is -2.16. The van der Waals surface area contributed by atoms with Crippen molar-refractivity contribution in [1.82, 2.24) is 19.7 Å². The first-order valence-corrected chi connectivity index (χ1v) is 9.90. The van der Waals surface area contributed by atoms with E-state index in [1.54, 1.807) is 36.7 Å². The van der Waals surface area contributed by atoms with Crippen molar-refractivity contribution in [2.24, 2.45) is 0 Å². The molecule has 0 amide bonds. The van der Waals surface area contributed by atoms with E-state index in [2.05, 4.69) is 19.8 Å². The van der Waals surface area contributed by atoms with Crippen molar-refractivity contribution in [2.75, 3.05) is 4.72 Å². The molecule has 0 spiro atoms. The molecule has 27 heavy (non-hydrogen) atoms. The Bertz CT molecular complexity index is 1240. The molecule has 10 heteroatoms. The maximum atomic E-state index is 12.9. The topological polar surface area (TPSA) is 89.8 Å². The van der Waals surface area contributed by atoms with E-state index in [4.69, 9.17) is 23.2 Å². The van der Waals surface area contributed by atoms with Gasteiger partial charge in [-0.25, -0.2) is 23.1 Å². The largest absolute Gasteiger partial charge is 0.274 e. The van der Waals surface area contributed by atoms with E-state index in [9.17, 15) is 8.42 Å². The van der Waals surface area contributed by atoms with Crippen LogP contribution in [-0.4, -0.2) is 28.2 Å². The first-order chi connectivity index (χ1) is 13.0. The van der Waals surface area contributed by atoms with Gasteiger partial charge in [-0.2, -0.15) is 5.10 Å². The summed E-state index contributed by atoms with van der Waals surface area (Å²) in [5, 5.41) is 6.19. The minimum atomic E-state index is -3.92. The first kappa shape index (κ1) is 17.7. The lowest BCUT2D eigenvalue weighted by molar-refractivity contribution is 0.601. The van der Waals surface area contributed by atoms with Crippen LogP contribution in [0.25, 0.3) is 16.6 Å². The number of nitrogens with one attached hydrogen (secondary N) is 1. The van der Waals surface area contributed by atoms with E-state index in [1.165, 1.54) is 29.3 Å². The Morgan fingerprint density at radius 1 is 1.04 bits per heavy atom. The van der Waals surface area contributed by atoms with Crippen molar-refractivity contribution < 1.29 is 8.42 Å². The molecule has 0 saturated carbocycles. The Labute approximate surface area is 164 Å². The third-order valence-corrected chi connectivity index (χ3v) is 5.87. The molecule has 136 valence electrons. The van der Waals surface area contributed by atoms with Gasteiger partial charge in [0.05, 0.1) is 11.1 Å². The number of halogens is 2. The summed E-state index contributed by atoms with van der Waals surface area (Å²) in [5.41, 5.74) is 0.193. The number of benzene rings is 2. The molecular weight excluding hydrogens is 409 g/mol. The minimum absolute atomic E-state index is 0.0365. The number of fused-ring (bicyclic) bond motifs is 1. The van der Waals surface area contributed by atoms with Crippen LogP contribution in [0.2, 0.25) is 10.0 Å². The zero-order chi connectivity index (χ0) is 19.0. The quantitative estimate of drug-likeness (QED) is 0.541. The maximum Gasteiger partial charge on any atom is 0.262 e. The number of anilines is 1. The summed E-state index contributed by atoms with van der Waals surface area (Å²) >= 11 is 12.4. The van der Waals surface area contributed by atoms with Crippen LogP contribution in [0.1, 0.15) is 0 Å². The number of aromatic nitrogens is 4. The van der Waals surface area contributed by atoms with Gasteiger partial charge in [-0.05, 0) is 30.3 Å². The highest BCUT2D eigenvalue weighted by atomic mass is 35.5. The van der Waals surface area contributed by atoms with Gasteiger partial charge in [0.2, 0.25) is 0 Å². The van der Waals surface area contributed by atoms with Gasteiger partial charge in [0.1, 0.15) is 12.0 Å². The first-order valence-electron chi connectivity index (χ1n) is 7.66. The van der Waals surface area contributed by atoms with E-state index >= 15 is 0 Å². The second kappa shape index (κ2) is 6.80. The average Bonchev–Trinajstić information content (AvgIpc) is 3.19. The number of sulfonamides is 1. The SMILES string of the molecule is O=S(=O)(Nc1cncnc1-n1cccn1)c1ccc2c(Cl)ccc(Cl)c2c1. The summed E-state index contributed by atoms with van der Waals surface area (Å²) in [7, 11) is -3.92. The summed E-state index contributed by atoms with van der Waals surface area (Å²) < 4.78 is 29.7. The molecule has 7 nitrogen and oxygen atoms in total. The Hall–Kier alpha value is -2.68. The van der Waals surface area contributed by atoms with Crippen LogP contribution in [0, 0.1) is 0 Å². The van der Waals surface area contributed by atoms with Gasteiger partial charge in [0.25, 0.3) is 10.0 Å². The van der Waals surface area contributed by atoms with Crippen molar-refractivity contribution in [1.29, 1.82) is 0 Å². The predicted molar refractivity (Wildman–Crippen MR) is 104 cm³/mol. The summed E-state index contributed by atoms with van der Waals surface area (Å²) in [6, 6.07) is 9.55. The zero-order valence-electron chi connectivity index (χ0n) is 13.5. The van der Waals surface area contributed by atoms with Crippen LogP contribution in [-0.2, 0) is 10.0 Å². The van der Waals surface area contributed by atoms with Crippen molar-refractivity contribution in [3.63, 3.8) is 0 Å². The van der Waals surface area contributed by atoms with E-state index in [0.717, 1.165) is 0 Å². The van der Waals surface area contributed by atoms with Gasteiger partial charge in [-0.1, -0.05) is 29.3 Å².